The van der Waals surface area contributed by atoms with Crippen LogP contribution in [0.2, 0.25) is 0 Å². The molecule has 0 fully saturated rings. The van der Waals surface area contributed by atoms with E-state index >= 15 is 0 Å². The van der Waals surface area contributed by atoms with Crippen molar-refractivity contribution in [1.82, 2.24) is 16.0 Å². The smallest absolute Gasteiger partial charge is 0.251 e. The molecule has 0 aliphatic rings. The summed E-state index contributed by atoms with van der Waals surface area (Å²) in [5.41, 5.74) is 2.68. The molecule has 0 saturated heterocycles. The van der Waals surface area contributed by atoms with E-state index in [9.17, 15) is 9.18 Å². The summed E-state index contributed by atoms with van der Waals surface area (Å²) < 4.78 is 12.9. The number of carbonyl (C=O) groups is 1. The van der Waals surface area contributed by atoms with E-state index in [-0.39, 0.29) is 11.7 Å². The van der Waals surface area contributed by atoms with Crippen LogP contribution < -0.4 is 16.0 Å². The molecule has 0 aliphatic carbocycles. The molecule has 0 heterocycles. The lowest BCUT2D eigenvalue weighted by Crippen LogP contribution is -2.36. The molecule has 3 N–H and O–H groups in total. The maximum atomic E-state index is 12.9. The van der Waals surface area contributed by atoms with Crippen LogP contribution in [0.1, 0.15) is 41.3 Å². The summed E-state index contributed by atoms with van der Waals surface area (Å²) in [6, 6.07) is 13.9. The molecule has 144 valence electrons. The standard InChI is InChI=1S/C21H27FN4O/c1-3-4-13-24-20(27)18-9-5-16(6-10-18)14-25-21(23-2)26-15-17-7-11-19(22)12-8-17/h5-12H,3-4,13-15H2,1-2H3,(H,24,27)(H2,23,25,26). The third kappa shape index (κ3) is 7.09. The van der Waals surface area contributed by atoms with E-state index in [2.05, 4.69) is 27.9 Å². The van der Waals surface area contributed by atoms with E-state index in [0.717, 1.165) is 24.0 Å². The summed E-state index contributed by atoms with van der Waals surface area (Å²) in [4.78, 5) is 16.2. The fraction of sp³-hybridized carbons (Fsp3) is 0.333. The first-order chi connectivity index (χ1) is 13.1. The van der Waals surface area contributed by atoms with E-state index in [1.54, 1.807) is 19.2 Å². The Morgan fingerprint density at radius 3 is 2.00 bits per heavy atom. The van der Waals surface area contributed by atoms with Crippen LogP contribution in [0.15, 0.2) is 53.5 Å². The number of rotatable bonds is 8. The Hall–Kier alpha value is -2.89. The van der Waals surface area contributed by atoms with Crippen LogP contribution in [0.4, 0.5) is 4.39 Å². The van der Waals surface area contributed by atoms with Gasteiger partial charge in [0.25, 0.3) is 5.91 Å². The Labute approximate surface area is 160 Å². The van der Waals surface area contributed by atoms with Crippen LogP contribution >= 0.6 is 0 Å². The fourth-order valence-corrected chi connectivity index (χ4v) is 2.45. The summed E-state index contributed by atoms with van der Waals surface area (Å²) in [6.45, 7) is 3.93. The third-order valence-corrected chi connectivity index (χ3v) is 4.09. The second-order valence-corrected chi connectivity index (χ2v) is 6.21. The number of hydrogen-bond donors (Lipinski definition) is 3. The van der Waals surface area contributed by atoms with Crippen molar-refractivity contribution in [3.63, 3.8) is 0 Å². The van der Waals surface area contributed by atoms with Gasteiger partial charge in [-0.1, -0.05) is 37.6 Å². The van der Waals surface area contributed by atoms with E-state index in [1.165, 1.54) is 12.1 Å². The van der Waals surface area contributed by atoms with Crippen molar-refractivity contribution in [2.45, 2.75) is 32.9 Å². The Morgan fingerprint density at radius 1 is 0.926 bits per heavy atom. The zero-order valence-corrected chi connectivity index (χ0v) is 15.9. The number of nitrogens with zero attached hydrogens (tertiary/aromatic N) is 1. The van der Waals surface area contributed by atoms with Gasteiger partial charge in [0.05, 0.1) is 0 Å². The number of unbranched alkanes of at least 4 members (excludes halogenated alkanes) is 1. The number of amides is 1. The predicted molar refractivity (Wildman–Crippen MR) is 107 cm³/mol. The highest BCUT2D eigenvalue weighted by molar-refractivity contribution is 5.94. The molecule has 6 heteroatoms. The van der Waals surface area contributed by atoms with Crippen molar-refractivity contribution in [1.29, 1.82) is 0 Å². The van der Waals surface area contributed by atoms with Gasteiger partial charge in [0.1, 0.15) is 5.82 Å². The van der Waals surface area contributed by atoms with Gasteiger partial charge in [-0.25, -0.2) is 4.39 Å². The Bertz CT molecular complexity index is 742. The largest absolute Gasteiger partial charge is 0.352 e. The monoisotopic (exact) mass is 370 g/mol. The highest BCUT2D eigenvalue weighted by Gasteiger charge is 2.05. The van der Waals surface area contributed by atoms with E-state index < -0.39 is 0 Å². The SMILES string of the molecule is CCCCNC(=O)c1ccc(CNC(=NC)NCc2ccc(F)cc2)cc1. The number of guanidine groups is 1. The first-order valence-corrected chi connectivity index (χ1v) is 9.18. The van der Waals surface area contributed by atoms with Gasteiger partial charge < -0.3 is 16.0 Å². The summed E-state index contributed by atoms with van der Waals surface area (Å²) >= 11 is 0. The van der Waals surface area contributed by atoms with Crippen molar-refractivity contribution >= 4 is 11.9 Å². The van der Waals surface area contributed by atoms with Crippen molar-refractivity contribution in [3.8, 4) is 0 Å². The van der Waals surface area contributed by atoms with Gasteiger partial charge in [-0.05, 0) is 41.8 Å². The molecular formula is C21H27FN4O. The molecule has 0 spiro atoms. The van der Waals surface area contributed by atoms with E-state index in [4.69, 9.17) is 0 Å². The molecule has 0 atom stereocenters. The summed E-state index contributed by atoms with van der Waals surface area (Å²) in [5.74, 6) is 0.365. The number of nitrogens with one attached hydrogen (secondary N) is 3. The van der Waals surface area contributed by atoms with E-state index in [1.807, 2.05) is 24.3 Å². The van der Waals surface area contributed by atoms with Gasteiger partial charge in [-0.3, -0.25) is 9.79 Å². The number of halogens is 1. The maximum absolute atomic E-state index is 12.9. The van der Waals surface area contributed by atoms with Gasteiger partial charge in [-0.15, -0.1) is 0 Å². The van der Waals surface area contributed by atoms with Crippen molar-refractivity contribution in [3.05, 3.63) is 71.0 Å². The first-order valence-electron chi connectivity index (χ1n) is 9.18. The van der Waals surface area contributed by atoms with Crippen molar-refractivity contribution in [2.75, 3.05) is 13.6 Å². The molecule has 1 amide bonds. The average molecular weight is 370 g/mol. The minimum absolute atomic E-state index is 0.0419. The molecule has 27 heavy (non-hydrogen) atoms. The van der Waals surface area contributed by atoms with Gasteiger partial charge >= 0.3 is 0 Å². The van der Waals surface area contributed by atoms with Gasteiger partial charge in [0, 0.05) is 32.2 Å². The molecule has 0 aliphatic heterocycles. The van der Waals surface area contributed by atoms with Crippen LogP contribution in [0, 0.1) is 5.82 Å². The summed E-state index contributed by atoms with van der Waals surface area (Å²) in [7, 11) is 1.70. The minimum Gasteiger partial charge on any atom is -0.352 e. The molecule has 2 aromatic rings. The summed E-state index contributed by atoms with van der Waals surface area (Å²) in [6.07, 6.45) is 2.04. The zero-order valence-electron chi connectivity index (χ0n) is 15.9. The Morgan fingerprint density at radius 2 is 1.48 bits per heavy atom. The van der Waals surface area contributed by atoms with Crippen molar-refractivity contribution < 1.29 is 9.18 Å². The quantitative estimate of drug-likeness (QED) is 0.380. The van der Waals surface area contributed by atoms with Crippen LogP contribution in [0.3, 0.4) is 0 Å². The molecular weight excluding hydrogens is 343 g/mol. The molecule has 0 saturated carbocycles. The Balaban J connectivity index is 1.80. The maximum Gasteiger partial charge on any atom is 0.251 e. The number of carbonyl (C=O) groups excluding carboxylic acids is 1. The minimum atomic E-state index is -0.247. The Kier molecular flexibility index (Phi) is 8.29. The topological polar surface area (TPSA) is 65.5 Å². The predicted octanol–water partition coefficient (Wildman–Crippen LogP) is 3.22. The van der Waals surface area contributed by atoms with Crippen molar-refractivity contribution in [2.24, 2.45) is 4.99 Å². The molecule has 0 bridgehead atoms. The van der Waals surface area contributed by atoms with Crippen LogP contribution in [0.25, 0.3) is 0 Å². The lowest BCUT2D eigenvalue weighted by molar-refractivity contribution is 0.0953. The normalized spacial score (nSPS) is 11.1. The van der Waals surface area contributed by atoms with Gasteiger partial charge in [0.15, 0.2) is 5.96 Å². The first kappa shape index (κ1) is 20.4. The average Bonchev–Trinajstić information content (AvgIpc) is 2.70. The molecule has 2 aromatic carbocycles. The second kappa shape index (κ2) is 11.0. The fourth-order valence-electron chi connectivity index (χ4n) is 2.45. The van der Waals surface area contributed by atoms with Crippen LogP contribution in [-0.4, -0.2) is 25.5 Å². The number of hydrogen-bond acceptors (Lipinski definition) is 2. The molecule has 0 radical (unpaired) electrons. The number of benzene rings is 2. The lowest BCUT2D eigenvalue weighted by atomic mass is 10.1. The number of aliphatic imine (C=N–C) groups is 1. The molecule has 5 nitrogen and oxygen atoms in total. The van der Waals surface area contributed by atoms with Crippen LogP contribution in [-0.2, 0) is 13.1 Å². The third-order valence-electron chi connectivity index (χ3n) is 4.09. The lowest BCUT2D eigenvalue weighted by Gasteiger charge is -2.12. The van der Waals surface area contributed by atoms with E-state index in [0.29, 0.717) is 31.2 Å². The second-order valence-electron chi connectivity index (χ2n) is 6.21. The highest BCUT2D eigenvalue weighted by Crippen LogP contribution is 2.05. The van der Waals surface area contributed by atoms with Gasteiger partial charge in [-0.2, -0.15) is 0 Å². The molecule has 0 unspecified atom stereocenters. The zero-order chi connectivity index (χ0) is 19.5. The van der Waals surface area contributed by atoms with Gasteiger partial charge in [0.2, 0.25) is 0 Å². The van der Waals surface area contributed by atoms with Crippen LogP contribution in [0.5, 0.6) is 0 Å². The molecule has 2 rings (SSSR count). The molecule has 0 aromatic heterocycles. The summed E-state index contributed by atoms with van der Waals surface area (Å²) in [5, 5.41) is 9.32. The highest BCUT2D eigenvalue weighted by atomic mass is 19.1.